The van der Waals surface area contributed by atoms with E-state index in [0.29, 0.717) is 13.3 Å². The third-order valence-corrected chi connectivity index (χ3v) is 3.94. The van der Waals surface area contributed by atoms with Crippen LogP contribution in [0.3, 0.4) is 0 Å². The smallest absolute Gasteiger partial charge is 0.231 e. The van der Waals surface area contributed by atoms with Gasteiger partial charge < -0.3 is 19.7 Å². The van der Waals surface area contributed by atoms with Crippen LogP contribution in [0, 0.1) is 6.92 Å². The third-order valence-electron chi connectivity index (χ3n) is 3.94. The third kappa shape index (κ3) is 3.88. The number of hydrogen-bond acceptors (Lipinski definition) is 6. The van der Waals surface area contributed by atoms with E-state index in [0.717, 1.165) is 53.9 Å². The molecule has 0 saturated heterocycles. The average molecular weight is 328 g/mol. The lowest BCUT2D eigenvalue weighted by Gasteiger charge is -2.18. The molecule has 0 bridgehead atoms. The number of aryl methyl sites for hydroxylation is 1. The fourth-order valence-corrected chi connectivity index (χ4v) is 2.55. The Morgan fingerprint density at radius 3 is 2.83 bits per heavy atom. The molecule has 0 amide bonds. The van der Waals surface area contributed by atoms with Crippen molar-refractivity contribution >= 4 is 11.8 Å². The second-order valence-corrected chi connectivity index (χ2v) is 6.01. The first-order valence-electron chi connectivity index (χ1n) is 8.35. The molecule has 3 rings (SSSR count). The topological polar surface area (TPSA) is 59.5 Å². The largest absolute Gasteiger partial charge is 0.454 e. The van der Waals surface area contributed by atoms with E-state index >= 15 is 0 Å². The van der Waals surface area contributed by atoms with E-state index in [-0.39, 0.29) is 0 Å². The summed E-state index contributed by atoms with van der Waals surface area (Å²) >= 11 is 0. The minimum Gasteiger partial charge on any atom is -0.454 e. The first-order chi connectivity index (χ1) is 11.7. The fourth-order valence-electron chi connectivity index (χ4n) is 2.55. The predicted molar refractivity (Wildman–Crippen MR) is 94.8 cm³/mol. The number of aromatic nitrogens is 2. The number of nitrogens with one attached hydrogen (secondary N) is 1. The maximum Gasteiger partial charge on any atom is 0.231 e. The van der Waals surface area contributed by atoms with Crippen LogP contribution in [0.1, 0.15) is 31.0 Å². The van der Waals surface area contributed by atoms with Gasteiger partial charge in [-0.3, -0.25) is 0 Å². The minimum atomic E-state index is 0.296. The van der Waals surface area contributed by atoms with Gasteiger partial charge in [-0.15, -0.1) is 0 Å². The van der Waals surface area contributed by atoms with Crippen LogP contribution in [0.5, 0.6) is 11.5 Å². The van der Waals surface area contributed by atoms with E-state index in [9.17, 15) is 0 Å². The molecule has 1 N–H and O–H groups in total. The maximum absolute atomic E-state index is 5.42. The van der Waals surface area contributed by atoms with Crippen molar-refractivity contribution in [1.82, 2.24) is 9.97 Å². The highest BCUT2D eigenvalue weighted by atomic mass is 16.7. The summed E-state index contributed by atoms with van der Waals surface area (Å²) in [5.74, 6) is 3.19. The molecule has 0 aliphatic carbocycles. The van der Waals surface area contributed by atoms with Crippen LogP contribution in [0.15, 0.2) is 24.3 Å². The summed E-state index contributed by atoms with van der Waals surface area (Å²) in [4.78, 5) is 11.2. The highest BCUT2D eigenvalue weighted by molar-refractivity contribution is 5.47. The van der Waals surface area contributed by atoms with Crippen molar-refractivity contribution in [3.8, 4) is 11.5 Å². The fraction of sp³-hybridized carbons (Fsp3) is 0.444. The molecule has 2 heterocycles. The monoisotopic (exact) mass is 328 g/mol. The molecule has 1 aliphatic rings. The zero-order chi connectivity index (χ0) is 16.9. The summed E-state index contributed by atoms with van der Waals surface area (Å²) in [6.45, 7) is 6.10. The van der Waals surface area contributed by atoms with Crippen molar-refractivity contribution in [2.75, 3.05) is 30.6 Å². The Kier molecular flexibility index (Phi) is 5.03. The minimum absolute atomic E-state index is 0.296. The lowest BCUT2D eigenvalue weighted by molar-refractivity contribution is 0.174. The van der Waals surface area contributed by atoms with Crippen LogP contribution >= 0.6 is 0 Å². The van der Waals surface area contributed by atoms with Crippen LogP contribution in [-0.2, 0) is 6.54 Å². The summed E-state index contributed by atoms with van der Waals surface area (Å²) in [6, 6.07) is 7.93. The average Bonchev–Trinajstić information content (AvgIpc) is 3.05. The molecule has 0 spiro atoms. The summed E-state index contributed by atoms with van der Waals surface area (Å²) in [7, 11) is 2.03. The highest BCUT2D eigenvalue weighted by Crippen LogP contribution is 2.32. The second kappa shape index (κ2) is 7.38. The van der Waals surface area contributed by atoms with Gasteiger partial charge in [-0.05, 0) is 31.0 Å². The molecule has 2 aromatic rings. The van der Waals surface area contributed by atoms with Gasteiger partial charge in [-0.25, -0.2) is 4.98 Å². The Balaban J connectivity index is 1.67. The molecular formula is C18H24N4O2. The van der Waals surface area contributed by atoms with Gasteiger partial charge in [0, 0.05) is 31.9 Å². The van der Waals surface area contributed by atoms with E-state index < -0.39 is 0 Å². The first-order valence-corrected chi connectivity index (χ1v) is 8.35. The van der Waals surface area contributed by atoms with E-state index in [1.807, 2.05) is 38.2 Å². The van der Waals surface area contributed by atoms with Crippen molar-refractivity contribution in [3.05, 3.63) is 35.5 Å². The Morgan fingerprint density at radius 2 is 2.00 bits per heavy atom. The quantitative estimate of drug-likeness (QED) is 0.841. The van der Waals surface area contributed by atoms with Crippen LogP contribution in [0.25, 0.3) is 0 Å². The number of anilines is 2. The Hall–Kier alpha value is -2.50. The van der Waals surface area contributed by atoms with E-state index in [2.05, 4.69) is 27.1 Å². The molecule has 1 aromatic carbocycles. The number of nitrogens with zero attached hydrogens (tertiary/aromatic N) is 3. The second-order valence-electron chi connectivity index (χ2n) is 6.01. The number of fused-ring (bicyclic) bond motifs is 1. The molecule has 0 radical (unpaired) electrons. The van der Waals surface area contributed by atoms with Crippen molar-refractivity contribution in [1.29, 1.82) is 0 Å². The molecule has 6 nitrogen and oxygen atoms in total. The van der Waals surface area contributed by atoms with Crippen molar-refractivity contribution in [2.45, 2.75) is 33.2 Å². The molecule has 128 valence electrons. The van der Waals surface area contributed by atoms with Gasteiger partial charge in [-0.2, -0.15) is 4.98 Å². The molecule has 1 aliphatic heterocycles. The number of benzene rings is 1. The molecule has 0 saturated carbocycles. The van der Waals surface area contributed by atoms with Crippen molar-refractivity contribution in [3.63, 3.8) is 0 Å². The van der Waals surface area contributed by atoms with Crippen LogP contribution in [0.2, 0.25) is 0 Å². The van der Waals surface area contributed by atoms with Gasteiger partial charge in [0.05, 0.1) is 0 Å². The van der Waals surface area contributed by atoms with E-state index in [1.165, 1.54) is 0 Å². The van der Waals surface area contributed by atoms with Crippen LogP contribution in [-0.4, -0.2) is 30.4 Å². The van der Waals surface area contributed by atoms with E-state index in [4.69, 9.17) is 9.47 Å². The summed E-state index contributed by atoms with van der Waals surface area (Å²) in [6.07, 6.45) is 2.29. The number of rotatable bonds is 7. The predicted octanol–water partition coefficient (Wildman–Crippen LogP) is 3.36. The van der Waals surface area contributed by atoms with Gasteiger partial charge >= 0.3 is 0 Å². The lowest BCUT2D eigenvalue weighted by atomic mass is 10.2. The molecule has 0 fully saturated rings. The molecule has 1 aromatic heterocycles. The Morgan fingerprint density at radius 1 is 1.17 bits per heavy atom. The zero-order valence-electron chi connectivity index (χ0n) is 14.5. The van der Waals surface area contributed by atoms with Gasteiger partial charge in [0.1, 0.15) is 5.82 Å². The normalized spacial score (nSPS) is 12.3. The lowest BCUT2D eigenvalue weighted by Crippen LogP contribution is -2.21. The van der Waals surface area contributed by atoms with Gasteiger partial charge in [0.25, 0.3) is 0 Å². The molecule has 24 heavy (non-hydrogen) atoms. The number of unbranched alkanes of at least 4 members (excludes halogenated alkanes) is 1. The standard InChI is InChI=1S/C18H24N4O2/c1-4-5-8-22(3)18-20-13(2)9-17(21-18)19-11-14-6-7-15-16(10-14)24-12-23-15/h6-7,9-10H,4-5,8,11-12H2,1-3H3,(H,19,20,21). The Labute approximate surface area is 142 Å². The van der Waals surface area contributed by atoms with Crippen LogP contribution < -0.4 is 19.7 Å². The molecular weight excluding hydrogens is 304 g/mol. The number of hydrogen-bond donors (Lipinski definition) is 1. The zero-order valence-corrected chi connectivity index (χ0v) is 14.5. The number of ether oxygens (including phenoxy) is 2. The van der Waals surface area contributed by atoms with Crippen molar-refractivity contribution < 1.29 is 9.47 Å². The van der Waals surface area contributed by atoms with Gasteiger partial charge in [0.2, 0.25) is 12.7 Å². The van der Waals surface area contributed by atoms with E-state index in [1.54, 1.807) is 0 Å². The molecule has 0 unspecified atom stereocenters. The SMILES string of the molecule is CCCCN(C)c1nc(C)cc(NCc2ccc3c(c2)OCO3)n1. The highest BCUT2D eigenvalue weighted by Gasteiger charge is 2.13. The first kappa shape index (κ1) is 16.4. The molecule has 6 heteroatoms. The van der Waals surface area contributed by atoms with Gasteiger partial charge in [-0.1, -0.05) is 19.4 Å². The summed E-state index contributed by atoms with van der Waals surface area (Å²) in [5, 5.41) is 3.37. The van der Waals surface area contributed by atoms with Crippen molar-refractivity contribution in [2.24, 2.45) is 0 Å². The summed E-state index contributed by atoms with van der Waals surface area (Å²) in [5.41, 5.74) is 2.08. The van der Waals surface area contributed by atoms with Gasteiger partial charge in [0.15, 0.2) is 11.5 Å². The summed E-state index contributed by atoms with van der Waals surface area (Å²) < 4.78 is 10.8. The maximum atomic E-state index is 5.42. The Bertz CT molecular complexity index is 705. The molecule has 0 atom stereocenters. The van der Waals surface area contributed by atoms with Crippen LogP contribution in [0.4, 0.5) is 11.8 Å².